The highest BCUT2D eigenvalue weighted by Crippen LogP contribution is 2.28. The summed E-state index contributed by atoms with van der Waals surface area (Å²) in [7, 11) is 0. The number of amides is 1. The number of rotatable bonds is 7. The number of aliphatic carboxylic acids is 1. The van der Waals surface area contributed by atoms with Gasteiger partial charge in [0.15, 0.2) is 5.65 Å². The van der Waals surface area contributed by atoms with Gasteiger partial charge in [0, 0.05) is 31.3 Å². The Morgan fingerprint density at radius 1 is 0.964 bits per heavy atom. The van der Waals surface area contributed by atoms with Crippen LogP contribution in [0.1, 0.15) is 19.3 Å². The highest BCUT2D eigenvalue weighted by Gasteiger charge is 2.15. The van der Waals surface area contributed by atoms with E-state index < -0.39 is 5.97 Å². The second-order valence-corrected chi connectivity index (χ2v) is 6.65. The molecule has 2 aromatic carbocycles. The SMILES string of the molecule is O=C(O)CCCNC(=O)CCn1c2ccccc2c2nc3ccccc3nc21. The van der Waals surface area contributed by atoms with Crippen molar-refractivity contribution < 1.29 is 14.7 Å². The first-order chi connectivity index (χ1) is 13.6. The van der Waals surface area contributed by atoms with Crippen LogP contribution < -0.4 is 5.32 Å². The normalized spacial score (nSPS) is 11.3. The van der Waals surface area contributed by atoms with Crippen LogP contribution in [0, 0.1) is 0 Å². The van der Waals surface area contributed by atoms with E-state index in [0.717, 1.165) is 33.1 Å². The molecule has 7 heteroatoms. The van der Waals surface area contributed by atoms with Gasteiger partial charge in [-0.05, 0) is 24.6 Å². The molecular formula is C21H20N4O3. The standard InChI is InChI=1S/C21H20N4O3/c26-18(22-12-5-10-19(27)28)11-13-25-17-9-4-1-6-14(17)20-21(25)24-16-8-3-2-7-15(16)23-20/h1-4,6-9H,5,10-13H2,(H,22,26)(H,27,28). The Kier molecular flexibility index (Phi) is 4.89. The molecule has 4 rings (SSSR count). The van der Waals surface area contributed by atoms with Gasteiger partial charge in [0.05, 0.1) is 16.6 Å². The van der Waals surface area contributed by atoms with Crippen LogP contribution in [-0.4, -0.2) is 38.1 Å². The molecule has 2 heterocycles. The van der Waals surface area contributed by atoms with E-state index in [0.29, 0.717) is 19.5 Å². The Morgan fingerprint density at radius 3 is 2.46 bits per heavy atom. The predicted octanol–water partition coefficient (Wildman–Crippen LogP) is 3.11. The maximum absolute atomic E-state index is 12.2. The Bertz CT molecular complexity index is 1180. The molecule has 2 N–H and O–H groups in total. The number of nitrogens with zero attached hydrogens (tertiary/aromatic N) is 3. The maximum Gasteiger partial charge on any atom is 0.303 e. The quantitative estimate of drug-likeness (QED) is 0.483. The third-order valence-electron chi connectivity index (χ3n) is 4.71. The number of fused-ring (bicyclic) bond motifs is 4. The van der Waals surface area contributed by atoms with Crippen LogP contribution in [0.25, 0.3) is 33.1 Å². The molecule has 0 aliphatic rings. The van der Waals surface area contributed by atoms with Crippen molar-refractivity contribution in [3.8, 4) is 0 Å². The maximum atomic E-state index is 12.2. The van der Waals surface area contributed by atoms with Crippen molar-refractivity contribution in [2.45, 2.75) is 25.8 Å². The van der Waals surface area contributed by atoms with Crippen LogP contribution in [0.2, 0.25) is 0 Å². The van der Waals surface area contributed by atoms with Gasteiger partial charge in [-0.2, -0.15) is 0 Å². The molecule has 0 saturated heterocycles. The number of aromatic nitrogens is 3. The summed E-state index contributed by atoms with van der Waals surface area (Å²) in [4.78, 5) is 32.3. The van der Waals surface area contributed by atoms with Crippen molar-refractivity contribution in [3.63, 3.8) is 0 Å². The molecule has 0 aliphatic carbocycles. The smallest absolute Gasteiger partial charge is 0.303 e. The fourth-order valence-electron chi connectivity index (χ4n) is 3.38. The average molecular weight is 376 g/mol. The molecule has 4 aromatic rings. The van der Waals surface area contributed by atoms with Gasteiger partial charge in [-0.25, -0.2) is 9.97 Å². The summed E-state index contributed by atoms with van der Waals surface area (Å²) in [6.07, 6.45) is 0.763. The Morgan fingerprint density at radius 2 is 1.68 bits per heavy atom. The van der Waals surface area contributed by atoms with Crippen molar-refractivity contribution in [2.24, 2.45) is 0 Å². The van der Waals surface area contributed by atoms with Gasteiger partial charge in [-0.3, -0.25) is 9.59 Å². The van der Waals surface area contributed by atoms with Crippen LogP contribution in [0.3, 0.4) is 0 Å². The van der Waals surface area contributed by atoms with E-state index in [2.05, 4.69) is 5.32 Å². The van der Waals surface area contributed by atoms with Crippen molar-refractivity contribution in [1.29, 1.82) is 0 Å². The highest BCUT2D eigenvalue weighted by molar-refractivity contribution is 6.06. The topological polar surface area (TPSA) is 97.1 Å². The number of benzene rings is 2. The van der Waals surface area contributed by atoms with E-state index in [-0.39, 0.29) is 18.7 Å². The van der Waals surface area contributed by atoms with E-state index in [1.54, 1.807) is 0 Å². The lowest BCUT2D eigenvalue weighted by molar-refractivity contribution is -0.137. The van der Waals surface area contributed by atoms with E-state index in [1.807, 2.05) is 53.1 Å². The number of hydrogen-bond donors (Lipinski definition) is 2. The van der Waals surface area contributed by atoms with Gasteiger partial charge in [0.25, 0.3) is 0 Å². The van der Waals surface area contributed by atoms with Crippen LogP contribution in [0.15, 0.2) is 48.5 Å². The first kappa shape index (κ1) is 17.9. The van der Waals surface area contributed by atoms with Crippen molar-refractivity contribution in [2.75, 3.05) is 6.54 Å². The minimum atomic E-state index is -0.856. The summed E-state index contributed by atoms with van der Waals surface area (Å²) in [5, 5.41) is 12.4. The van der Waals surface area contributed by atoms with Crippen LogP contribution in [0.5, 0.6) is 0 Å². The Balaban J connectivity index is 1.61. The summed E-state index contributed by atoms with van der Waals surface area (Å²) in [5.41, 5.74) is 4.24. The number of hydrogen-bond acceptors (Lipinski definition) is 4. The second-order valence-electron chi connectivity index (χ2n) is 6.65. The fraction of sp³-hybridized carbons (Fsp3) is 0.238. The lowest BCUT2D eigenvalue weighted by atomic mass is 10.2. The molecule has 0 atom stereocenters. The van der Waals surface area contributed by atoms with E-state index >= 15 is 0 Å². The summed E-state index contributed by atoms with van der Waals surface area (Å²) < 4.78 is 2.03. The number of para-hydroxylation sites is 3. The number of carboxylic acid groups (broad SMARTS) is 1. The van der Waals surface area contributed by atoms with Gasteiger partial charge in [0.1, 0.15) is 5.52 Å². The number of carbonyl (C=O) groups excluding carboxylic acids is 1. The molecule has 0 fully saturated rings. The molecule has 0 saturated carbocycles. The first-order valence-electron chi connectivity index (χ1n) is 9.26. The van der Waals surface area contributed by atoms with Crippen molar-refractivity contribution in [3.05, 3.63) is 48.5 Å². The lowest BCUT2D eigenvalue weighted by Gasteiger charge is -2.08. The number of carboxylic acids is 1. The molecule has 0 unspecified atom stereocenters. The molecule has 28 heavy (non-hydrogen) atoms. The largest absolute Gasteiger partial charge is 0.481 e. The molecule has 2 aromatic heterocycles. The summed E-state index contributed by atoms with van der Waals surface area (Å²) in [6.45, 7) is 0.838. The zero-order valence-electron chi connectivity index (χ0n) is 15.3. The molecule has 0 aliphatic heterocycles. The number of nitrogens with one attached hydrogen (secondary N) is 1. The summed E-state index contributed by atoms with van der Waals surface area (Å²) in [5.74, 6) is -0.963. The van der Waals surface area contributed by atoms with Gasteiger partial charge >= 0.3 is 5.97 Å². The van der Waals surface area contributed by atoms with Gasteiger partial charge in [0.2, 0.25) is 5.91 Å². The van der Waals surface area contributed by atoms with E-state index in [1.165, 1.54) is 0 Å². The van der Waals surface area contributed by atoms with E-state index in [4.69, 9.17) is 15.1 Å². The monoisotopic (exact) mass is 376 g/mol. The summed E-state index contributed by atoms with van der Waals surface area (Å²) >= 11 is 0. The van der Waals surface area contributed by atoms with Gasteiger partial charge in [-0.15, -0.1) is 0 Å². The van der Waals surface area contributed by atoms with Crippen molar-refractivity contribution in [1.82, 2.24) is 19.9 Å². The lowest BCUT2D eigenvalue weighted by Crippen LogP contribution is -2.25. The zero-order valence-corrected chi connectivity index (χ0v) is 15.3. The molecular weight excluding hydrogens is 356 g/mol. The molecule has 0 spiro atoms. The van der Waals surface area contributed by atoms with Crippen LogP contribution >= 0.6 is 0 Å². The van der Waals surface area contributed by atoms with Gasteiger partial charge in [-0.1, -0.05) is 30.3 Å². The first-order valence-corrected chi connectivity index (χ1v) is 9.26. The number of aryl methyl sites for hydroxylation is 1. The van der Waals surface area contributed by atoms with E-state index in [9.17, 15) is 9.59 Å². The molecule has 1 amide bonds. The van der Waals surface area contributed by atoms with Gasteiger partial charge < -0.3 is 15.0 Å². The van der Waals surface area contributed by atoms with Crippen molar-refractivity contribution >= 4 is 45.0 Å². The summed E-state index contributed by atoms with van der Waals surface area (Å²) in [6, 6.07) is 15.7. The third kappa shape index (κ3) is 3.51. The Hall–Kier alpha value is -3.48. The minimum absolute atomic E-state index is 0.0514. The molecule has 0 bridgehead atoms. The fourth-order valence-corrected chi connectivity index (χ4v) is 3.38. The molecule has 0 radical (unpaired) electrons. The number of carbonyl (C=O) groups is 2. The predicted molar refractivity (Wildman–Crippen MR) is 107 cm³/mol. The van der Waals surface area contributed by atoms with Crippen LogP contribution in [0.4, 0.5) is 0 Å². The minimum Gasteiger partial charge on any atom is -0.481 e. The highest BCUT2D eigenvalue weighted by atomic mass is 16.4. The van der Waals surface area contributed by atoms with Crippen LogP contribution in [-0.2, 0) is 16.1 Å². The molecule has 142 valence electrons. The Labute approximate surface area is 161 Å². The zero-order chi connectivity index (χ0) is 19.5. The molecule has 7 nitrogen and oxygen atoms in total. The third-order valence-corrected chi connectivity index (χ3v) is 4.71. The second kappa shape index (κ2) is 7.64. The average Bonchev–Trinajstić information content (AvgIpc) is 3.00.